The highest BCUT2D eigenvalue weighted by Crippen LogP contribution is 2.32. The van der Waals surface area contributed by atoms with Gasteiger partial charge in [0, 0.05) is 4.90 Å². The fourth-order valence-corrected chi connectivity index (χ4v) is 1.59. The van der Waals surface area contributed by atoms with Gasteiger partial charge in [-0.3, -0.25) is 4.79 Å². The molecule has 1 rings (SSSR count). The second kappa shape index (κ2) is 5.09. The summed E-state index contributed by atoms with van der Waals surface area (Å²) in [5, 5.41) is -0.0849. The zero-order chi connectivity index (χ0) is 12.3. The van der Waals surface area contributed by atoms with E-state index in [1.165, 1.54) is 18.2 Å². The van der Waals surface area contributed by atoms with E-state index in [0.29, 0.717) is 0 Å². The molecule has 16 heavy (non-hydrogen) atoms. The molecule has 0 aliphatic heterocycles. The first kappa shape index (κ1) is 13.4. The predicted octanol–water partition coefficient (Wildman–Crippen LogP) is 3.45. The summed E-state index contributed by atoms with van der Waals surface area (Å²) in [6, 6.07) is 4.00. The average molecular weight is 315 g/mol. The van der Waals surface area contributed by atoms with Crippen LogP contribution in [0.5, 0.6) is 5.75 Å². The molecule has 0 spiro atoms. The van der Waals surface area contributed by atoms with Gasteiger partial charge in [-0.15, -0.1) is 25.8 Å². The molecule has 0 N–H and O–H groups in total. The highest BCUT2D eigenvalue weighted by atomic mass is 79.9. The fourth-order valence-electron chi connectivity index (χ4n) is 1.04. The molecule has 0 aromatic heterocycles. The third-order valence-corrected chi connectivity index (χ3v) is 2.50. The van der Waals surface area contributed by atoms with Crippen molar-refractivity contribution in [3.63, 3.8) is 0 Å². The van der Waals surface area contributed by atoms with Crippen LogP contribution in [0.2, 0.25) is 0 Å². The fraction of sp³-hybridized carbons (Fsp3) is 0.222. The number of halogens is 4. The minimum Gasteiger partial charge on any atom is -0.404 e. The van der Waals surface area contributed by atoms with E-state index in [1.54, 1.807) is 0 Å². The molecule has 0 amide bonds. The van der Waals surface area contributed by atoms with Crippen molar-refractivity contribution in [3.05, 3.63) is 23.8 Å². The number of rotatable bonds is 3. The maximum Gasteiger partial charge on any atom is 0.573 e. The van der Waals surface area contributed by atoms with E-state index in [1.807, 2.05) is 0 Å². The van der Waals surface area contributed by atoms with Gasteiger partial charge >= 0.3 is 6.36 Å². The molecule has 0 atom stereocenters. The molecule has 0 aliphatic rings. The van der Waals surface area contributed by atoms with Crippen LogP contribution in [0.3, 0.4) is 0 Å². The first-order valence-corrected chi connectivity index (χ1v) is 5.59. The predicted molar refractivity (Wildman–Crippen MR) is 58.5 cm³/mol. The van der Waals surface area contributed by atoms with Gasteiger partial charge in [0.15, 0.2) is 11.5 Å². The molecule has 0 bridgehead atoms. The highest BCUT2D eigenvalue weighted by Gasteiger charge is 2.33. The first-order chi connectivity index (χ1) is 7.35. The summed E-state index contributed by atoms with van der Waals surface area (Å²) in [4.78, 5) is 11.3. The molecule has 1 aromatic rings. The van der Waals surface area contributed by atoms with E-state index in [4.69, 9.17) is 0 Å². The van der Waals surface area contributed by atoms with Gasteiger partial charge in [0.2, 0.25) is 0 Å². The van der Waals surface area contributed by atoms with Gasteiger partial charge in [0.25, 0.3) is 0 Å². The van der Waals surface area contributed by atoms with Crippen molar-refractivity contribution in [1.82, 2.24) is 0 Å². The van der Waals surface area contributed by atoms with Gasteiger partial charge in [-0.05, 0) is 12.1 Å². The third-order valence-electron chi connectivity index (χ3n) is 1.63. The zero-order valence-corrected chi connectivity index (χ0v) is 10.2. The molecular weight excluding hydrogens is 309 g/mol. The Bertz CT molecular complexity index is 406. The van der Waals surface area contributed by atoms with Crippen LogP contribution in [0.25, 0.3) is 0 Å². The molecule has 1 aromatic carbocycles. The van der Waals surface area contributed by atoms with Crippen LogP contribution in [0.15, 0.2) is 23.1 Å². The molecular formula is C9H6BrF3O2S. The molecule has 7 heteroatoms. The van der Waals surface area contributed by atoms with Crippen molar-refractivity contribution < 1.29 is 22.7 Å². The maximum absolute atomic E-state index is 12.1. The number of Topliss-reactive ketones (excluding diaryl/α,β-unsaturated/α-hetero) is 1. The van der Waals surface area contributed by atoms with Gasteiger partial charge in [-0.2, -0.15) is 0 Å². The van der Waals surface area contributed by atoms with Crippen molar-refractivity contribution in [2.24, 2.45) is 0 Å². The lowest BCUT2D eigenvalue weighted by Crippen LogP contribution is -2.19. The monoisotopic (exact) mass is 314 g/mol. The Morgan fingerprint density at radius 2 is 2.06 bits per heavy atom. The number of benzene rings is 1. The third kappa shape index (κ3) is 3.41. The van der Waals surface area contributed by atoms with E-state index in [-0.39, 0.29) is 15.8 Å². The number of ketones is 1. The maximum atomic E-state index is 12.1. The van der Waals surface area contributed by atoms with Gasteiger partial charge in [0.05, 0.1) is 10.9 Å². The van der Waals surface area contributed by atoms with Crippen molar-refractivity contribution in [2.75, 3.05) is 5.33 Å². The van der Waals surface area contributed by atoms with Crippen LogP contribution in [-0.2, 0) is 0 Å². The number of para-hydroxylation sites is 1. The summed E-state index contributed by atoms with van der Waals surface area (Å²) in [6.45, 7) is 0. The van der Waals surface area contributed by atoms with Gasteiger partial charge in [-0.25, -0.2) is 0 Å². The summed E-state index contributed by atoms with van der Waals surface area (Å²) in [6.07, 6.45) is -4.85. The molecule has 0 heterocycles. The number of ether oxygens (including phenoxy) is 1. The lowest BCUT2D eigenvalue weighted by atomic mass is 10.1. The lowest BCUT2D eigenvalue weighted by molar-refractivity contribution is -0.275. The SMILES string of the molecule is O=C(CBr)c1cccc(S)c1OC(F)(F)F. The van der Waals surface area contributed by atoms with Gasteiger partial charge in [0.1, 0.15) is 0 Å². The quantitative estimate of drug-likeness (QED) is 0.525. The largest absolute Gasteiger partial charge is 0.573 e. The molecule has 0 saturated heterocycles. The molecule has 0 aliphatic carbocycles. The molecule has 88 valence electrons. The Labute approximate surface area is 103 Å². The van der Waals surface area contributed by atoms with E-state index in [0.717, 1.165) is 0 Å². The summed E-state index contributed by atoms with van der Waals surface area (Å²) >= 11 is 6.70. The van der Waals surface area contributed by atoms with E-state index >= 15 is 0 Å². The van der Waals surface area contributed by atoms with Crippen LogP contribution in [0.4, 0.5) is 13.2 Å². The Kier molecular flexibility index (Phi) is 4.26. The lowest BCUT2D eigenvalue weighted by Gasteiger charge is -2.13. The summed E-state index contributed by atoms with van der Waals surface area (Å²) in [5.41, 5.74) is -0.151. The first-order valence-electron chi connectivity index (χ1n) is 4.02. The molecule has 0 radical (unpaired) electrons. The summed E-state index contributed by atoms with van der Waals surface area (Å²) in [5.74, 6) is -1.07. The summed E-state index contributed by atoms with van der Waals surface area (Å²) in [7, 11) is 0. The van der Waals surface area contributed by atoms with Crippen LogP contribution < -0.4 is 4.74 Å². The second-order valence-corrected chi connectivity index (χ2v) is 3.80. The molecule has 0 fully saturated rings. The van der Waals surface area contributed by atoms with Crippen LogP contribution in [0, 0.1) is 0 Å². The molecule has 0 saturated carbocycles. The molecule has 2 nitrogen and oxygen atoms in total. The number of hydrogen-bond donors (Lipinski definition) is 1. The smallest absolute Gasteiger partial charge is 0.404 e. The van der Waals surface area contributed by atoms with Crippen LogP contribution in [-0.4, -0.2) is 17.5 Å². The van der Waals surface area contributed by atoms with Crippen molar-refractivity contribution in [1.29, 1.82) is 0 Å². The van der Waals surface area contributed by atoms with E-state index in [9.17, 15) is 18.0 Å². The Morgan fingerprint density at radius 3 is 2.56 bits per heavy atom. The summed E-state index contributed by atoms with van der Waals surface area (Å²) < 4.78 is 40.0. The normalized spacial score (nSPS) is 11.3. The molecule has 0 unspecified atom stereocenters. The van der Waals surface area contributed by atoms with Gasteiger partial charge < -0.3 is 4.74 Å². The topological polar surface area (TPSA) is 26.3 Å². The Balaban J connectivity index is 3.19. The van der Waals surface area contributed by atoms with Crippen molar-refractivity contribution in [2.45, 2.75) is 11.3 Å². The van der Waals surface area contributed by atoms with E-state index in [2.05, 4.69) is 33.3 Å². The second-order valence-electron chi connectivity index (χ2n) is 2.76. The number of thiol groups is 1. The van der Waals surface area contributed by atoms with Crippen molar-refractivity contribution in [3.8, 4) is 5.75 Å². The Hall–Kier alpha value is -0.690. The average Bonchev–Trinajstić information content (AvgIpc) is 2.18. The number of alkyl halides is 4. The van der Waals surface area contributed by atoms with Crippen LogP contribution in [0.1, 0.15) is 10.4 Å². The number of hydrogen-bond acceptors (Lipinski definition) is 3. The van der Waals surface area contributed by atoms with Gasteiger partial charge in [-0.1, -0.05) is 22.0 Å². The van der Waals surface area contributed by atoms with Crippen molar-refractivity contribution >= 4 is 34.3 Å². The van der Waals surface area contributed by atoms with Crippen LogP contribution >= 0.6 is 28.6 Å². The highest BCUT2D eigenvalue weighted by molar-refractivity contribution is 9.09. The minimum atomic E-state index is -4.85. The van der Waals surface area contributed by atoms with E-state index < -0.39 is 17.9 Å². The minimum absolute atomic E-state index is 0.0378. The number of carbonyl (C=O) groups excluding carboxylic acids is 1. The number of carbonyl (C=O) groups is 1. The standard InChI is InChI=1S/C9H6BrF3O2S/c10-4-6(14)5-2-1-3-7(16)8(5)15-9(11,12)13/h1-3,16H,4H2. The zero-order valence-electron chi connectivity index (χ0n) is 7.71. The Morgan fingerprint density at radius 1 is 1.44 bits per heavy atom.